The molecule has 0 amide bonds. The molecule has 102 valence electrons. The molecule has 0 saturated heterocycles. The SMILES string of the molecule is Cc1cccc(CCc2[nH]nc(N)c2-c2cccs2)c1. The van der Waals surface area contributed by atoms with E-state index >= 15 is 0 Å². The van der Waals surface area contributed by atoms with E-state index in [4.69, 9.17) is 5.73 Å². The summed E-state index contributed by atoms with van der Waals surface area (Å²) in [5, 5.41) is 9.30. The van der Waals surface area contributed by atoms with Gasteiger partial charge in [-0.1, -0.05) is 35.9 Å². The van der Waals surface area contributed by atoms with Gasteiger partial charge in [0.2, 0.25) is 0 Å². The molecule has 0 aliphatic rings. The maximum Gasteiger partial charge on any atom is 0.154 e. The Bertz CT molecular complexity index is 698. The van der Waals surface area contributed by atoms with Gasteiger partial charge in [-0.25, -0.2) is 0 Å². The standard InChI is InChI=1S/C16H17N3S/c1-11-4-2-5-12(10-11)7-8-13-15(16(17)19-18-13)14-6-3-9-20-14/h2-6,9-10H,7-8H2,1H3,(H3,17,18,19). The van der Waals surface area contributed by atoms with Gasteiger partial charge in [-0.05, 0) is 36.8 Å². The maximum atomic E-state index is 5.99. The molecule has 0 unspecified atom stereocenters. The molecule has 3 aromatic rings. The first-order valence-corrected chi connectivity index (χ1v) is 7.54. The van der Waals surface area contributed by atoms with Crippen LogP contribution in [-0.4, -0.2) is 10.2 Å². The Hall–Kier alpha value is -2.07. The van der Waals surface area contributed by atoms with Crippen molar-refractivity contribution in [2.24, 2.45) is 0 Å². The van der Waals surface area contributed by atoms with Gasteiger partial charge in [0, 0.05) is 10.6 Å². The number of aromatic nitrogens is 2. The minimum absolute atomic E-state index is 0.590. The highest BCUT2D eigenvalue weighted by Gasteiger charge is 2.13. The maximum absolute atomic E-state index is 5.99. The third kappa shape index (κ3) is 2.60. The zero-order valence-electron chi connectivity index (χ0n) is 11.4. The van der Waals surface area contributed by atoms with E-state index < -0.39 is 0 Å². The third-order valence-corrected chi connectivity index (χ3v) is 4.27. The van der Waals surface area contributed by atoms with Gasteiger partial charge < -0.3 is 5.73 Å². The Morgan fingerprint density at radius 1 is 1.20 bits per heavy atom. The predicted molar refractivity (Wildman–Crippen MR) is 84.9 cm³/mol. The van der Waals surface area contributed by atoms with Gasteiger partial charge in [0.1, 0.15) is 0 Å². The summed E-state index contributed by atoms with van der Waals surface area (Å²) in [5.41, 5.74) is 10.8. The van der Waals surface area contributed by atoms with Crippen LogP contribution in [0.2, 0.25) is 0 Å². The summed E-state index contributed by atoms with van der Waals surface area (Å²) in [7, 11) is 0. The summed E-state index contributed by atoms with van der Waals surface area (Å²) >= 11 is 1.69. The van der Waals surface area contributed by atoms with Crippen molar-refractivity contribution in [3.63, 3.8) is 0 Å². The summed E-state index contributed by atoms with van der Waals surface area (Å²) in [6.07, 6.45) is 1.91. The number of nitrogens with zero attached hydrogens (tertiary/aromatic N) is 1. The highest BCUT2D eigenvalue weighted by Crippen LogP contribution is 2.32. The van der Waals surface area contributed by atoms with E-state index in [0.29, 0.717) is 5.82 Å². The van der Waals surface area contributed by atoms with Crippen molar-refractivity contribution in [3.8, 4) is 10.4 Å². The summed E-state index contributed by atoms with van der Waals surface area (Å²) < 4.78 is 0. The third-order valence-electron chi connectivity index (χ3n) is 3.38. The van der Waals surface area contributed by atoms with Gasteiger partial charge in [0.25, 0.3) is 0 Å². The number of aryl methyl sites for hydroxylation is 3. The number of benzene rings is 1. The van der Waals surface area contributed by atoms with Crippen LogP contribution < -0.4 is 5.73 Å². The molecule has 0 spiro atoms. The Balaban J connectivity index is 1.82. The minimum atomic E-state index is 0.590. The topological polar surface area (TPSA) is 54.7 Å². The summed E-state index contributed by atoms with van der Waals surface area (Å²) in [6, 6.07) is 12.7. The number of rotatable bonds is 4. The lowest BCUT2D eigenvalue weighted by molar-refractivity contribution is 0.894. The number of hydrogen-bond donors (Lipinski definition) is 2. The predicted octanol–water partition coefficient (Wildman–Crippen LogP) is 3.81. The number of nitrogens with two attached hydrogens (primary N) is 1. The van der Waals surface area contributed by atoms with Crippen LogP contribution in [0.3, 0.4) is 0 Å². The average molecular weight is 283 g/mol. The summed E-state index contributed by atoms with van der Waals surface area (Å²) in [4.78, 5) is 1.18. The molecule has 3 rings (SSSR count). The second-order valence-electron chi connectivity index (χ2n) is 4.93. The lowest BCUT2D eigenvalue weighted by Gasteiger charge is -2.04. The monoisotopic (exact) mass is 283 g/mol. The second-order valence-corrected chi connectivity index (χ2v) is 5.88. The van der Waals surface area contributed by atoms with E-state index in [0.717, 1.165) is 24.1 Å². The largest absolute Gasteiger partial charge is 0.382 e. The van der Waals surface area contributed by atoms with Gasteiger partial charge in [-0.2, -0.15) is 5.10 Å². The van der Waals surface area contributed by atoms with E-state index in [1.807, 2.05) is 6.07 Å². The van der Waals surface area contributed by atoms with E-state index in [1.54, 1.807) is 11.3 Å². The Morgan fingerprint density at radius 2 is 2.10 bits per heavy atom. The molecule has 0 radical (unpaired) electrons. The summed E-state index contributed by atoms with van der Waals surface area (Å²) in [5.74, 6) is 0.590. The molecule has 2 heterocycles. The molecule has 0 atom stereocenters. The molecule has 0 saturated carbocycles. The Labute approximate surface area is 122 Å². The number of nitrogen functional groups attached to an aromatic ring is 1. The van der Waals surface area contributed by atoms with Crippen LogP contribution in [0.15, 0.2) is 41.8 Å². The van der Waals surface area contributed by atoms with E-state index in [1.165, 1.54) is 16.0 Å². The van der Waals surface area contributed by atoms with Crippen molar-refractivity contribution < 1.29 is 0 Å². The van der Waals surface area contributed by atoms with Crippen LogP contribution in [0.4, 0.5) is 5.82 Å². The zero-order chi connectivity index (χ0) is 13.9. The molecule has 0 bridgehead atoms. The quantitative estimate of drug-likeness (QED) is 0.765. The molecular formula is C16H17N3S. The molecule has 20 heavy (non-hydrogen) atoms. The smallest absolute Gasteiger partial charge is 0.154 e. The fraction of sp³-hybridized carbons (Fsp3) is 0.188. The van der Waals surface area contributed by atoms with Crippen molar-refractivity contribution >= 4 is 17.2 Å². The summed E-state index contributed by atoms with van der Waals surface area (Å²) in [6.45, 7) is 2.12. The normalized spacial score (nSPS) is 10.8. The fourth-order valence-electron chi connectivity index (χ4n) is 2.41. The Kier molecular flexibility index (Phi) is 3.56. The number of aromatic amines is 1. The minimum Gasteiger partial charge on any atom is -0.382 e. The molecule has 0 aliphatic carbocycles. The molecule has 3 N–H and O–H groups in total. The van der Waals surface area contributed by atoms with Gasteiger partial charge in [-0.15, -0.1) is 11.3 Å². The van der Waals surface area contributed by atoms with Crippen LogP contribution in [0.1, 0.15) is 16.8 Å². The molecular weight excluding hydrogens is 266 g/mol. The van der Waals surface area contributed by atoms with Crippen LogP contribution in [0.5, 0.6) is 0 Å². The highest BCUT2D eigenvalue weighted by molar-refractivity contribution is 7.13. The fourth-order valence-corrected chi connectivity index (χ4v) is 3.21. The average Bonchev–Trinajstić information content (AvgIpc) is 3.05. The molecule has 0 aliphatic heterocycles. The number of anilines is 1. The lowest BCUT2D eigenvalue weighted by Crippen LogP contribution is -1.94. The molecule has 1 aromatic carbocycles. The van der Waals surface area contributed by atoms with Crippen LogP contribution in [0, 0.1) is 6.92 Å². The Morgan fingerprint density at radius 3 is 2.85 bits per heavy atom. The molecule has 3 nitrogen and oxygen atoms in total. The molecule has 2 aromatic heterocycles. The first kappa shape index (κ1) is 12.9. The number of H-pyrrole nitrogens is 1. The zero-order valence-corrected chi connectivity index (χ0v) is 12.2. The lowest BCUT2D eigenvalue weighted by atomic mass is 10.0. The van der Waals surface area contributed by atoms with E-state index in [9.17, 15) is 0 Å². The van der Waals surface area contributed by atoms with Crippen LogP contribution in [0.25, 0.3) is 10.4 Å². The van der Waals surface area contributed by atoms with E-state index in [-0.39, 0.29) is 0 Å². The molecule has 4 heteroatoms. The number of nitrogens with one attached hydrogen (secondary N) is 1. The highest BCUT2D eigenvalue weighted by atomic mass is 32.1. The van der Waals surface area contributed by atoms with Crippen LogP contribution >= 0.6 is 11.3 Å². The van der Waals surface area contributed by atoms with Crippen molar-refractivity contribution in [1.82, 2.24) is 10.2 Å². The van der Waals surface area contributed by atoms with Crippen molar-refractivity contribution in [2.45, 2.75) is 19.8 Å². The van der Waals surface area contributed by atoms with Crippen molar-refractivity contribution in [2.75, 3.05) is 5.73 Å². The number of hydrogen-bond acceptors (Lipinski definition) is 3. The first-order chi connectivity index (χ1) is 9.74. The van der Waals surface area contributed by atoms with Crippen molar-refractivity contribution in [3.05, 3.63) is 58.6 Å². The number of thiophene rings is 1. The van der Waals surface area contributed by atoms with Gasteiger partial charge in [0.15, 0.2) is 5.82 Å². The van der Waals surface area contributed by atoms with Gasteiger partial charge in [0.05, 0.1) is 5.56 Å². The van der Waals surface area contributed by atoms with E-state index in [2.05, 4.69) is 52.8 Å². The molecule has 0 fully saturated rings. The van der Waals surface area contributed by atoms with Crippen LogP contribution in [-0.2, 0) is 12.8 Å². The van der Waals surface area contributed by atoms with Crippen molar-refractivity contribution in [1.29, 1.82) is 0 Å². The van der Waals surface area contributed by atoms with Gasteiger partial charge >= 0.3 is 0 Å². The van der Waals surface area contributed by atoms with Gasteiger partial charge in [-0.3, -0.25) is 5.10 Å². The first-order valence-electron chi connectivity index (χ1n) is 6.66. The second kappa shape index (κ2) is 5.51.